The first kappa shape index (κ1) is 8.88. The molecular formula is C10H5ClN2OS. The second-order valence-electron chi connectivity index (χ2n) is 2.97. The van der Waals surface area contributed by atoms with E-state index in [2.05, 4.69) is 9.97 Å². The third kappa shape index (κ3) is 1.33. The molecule has 0 fully saturated rings. The van der Waals surface area contributed by atoms with E-state index >= 15 is 0 Å². The number of halogens is 1. The van der Waals surface area contributed by atoms with E-state index in [1.165, 1.54) is 17.7 Å². The summed E-state index contributed by atoms with van der Waals surface area (Å²) in [4.78, 5) is 9.00. The maximum absolute atomic E-state index is 6.03. The first-order valence-corrected chi connectivity index (χ1v) is 5.53. The molecule has 15 heavy (non-hydrogen) atoms. The minimum Gasteiger partial charge on any atom is -0.464 e. The second kappa shape index (κ2) is 3.32. The lowest BCUT2D eigenvalue weighted by Gasteiger charge is -1.95. The van der Waals surface area contributed by atoms with E-state index in [9.17, 15) is 0 Å². The Morgan fingerprint density at radius 1 is 1.33 bits per heavy atom. The molecule has 0 saturated heterocycles. The molecule has 0 aliphatic carbocycles. The summed E-state index contributed by atoms with van der Waals surface area (Å²) in [5, 5.41) is 3.30. The van der Waals surface area contributed by atoms with E-state index in [-0.39, 0.29) is 0 Å². The van der Waals surface area contributed by atoms with Gasteiger partial charge in [0.15, 0.2) is 0 Å². The zero-order valence-corrected chi connectivity index (χ0v) is 9.05. The van der Waals surface area contributed by atoms with Gasteiger partial charge in [-0.05, 0) is 12.1 Å². The Hall–Kier alpha value is -1.39. The molecule has 0 aliphatic heterocycles. The van der Waals surface area contributed by atoms with Crippen LogP contribution >= 0.6 is 22.9 Å². The van der Waals surface area contributed by atoms with Crippen molar-refractivity contribution < 1.29 is 4.42 Å². The van der Waals surface area contributed by atoms with E-state index in [0.29, 0.717) is 5.15 Å². The number of thiophene rings is 1. The molecule has 0 amide bonds. The van der Waals surface area contributed by atoms with Gasteiger partial charge in [-0.3, -0.25) is 0 Å². The van der Waals surface area contributed by atoms with Crippen molar-refractivity contribution in [3.63, 3.8) is 0 Å². The molecule has 0 aliphatic rings. The highest BCUT2D eigenvalue weighted by atomic mass is 35.5. The number of furan rings is 1. The molecule has 3 aromatic rings. The van der Waals surface area contributed by atoms with Gasteiger partial charge >= 0.3 is 0 Å². The molecule has 74 valence electrons. The fourth-order valence-electron chi connectivity index (χ4n) is 1.45. The number of hydrogen-bond acceptors (Lipinski definition) is 4. The molecule has 0 radical (unpaired) electrons. The smallest absolute Gasteiger partial charge is 0.141 e. The average molecular weight is 237 g/mol. The summed E-state index contributed by atoms with van der Waals surface area (Å²) in [6.07, 6.45) is 3.10. The van der Waals surface area contributed by atoms with Crippen molar-refractivity contribution >= 4 is 33.2 Å². The van der Waals surface area contributed by atoms with Crippen molar-refractivity contribution in [2.45, 2.75) is 0 Å². The molecule has 0 aromatic carbocycles. The Balaban J connectivity index is 2.37. The SMILES string of the molecule is Clc1ncnc2scc(-c3ccco3)c12. The van der Waals surface area contributed by atoms with Crippen LogP contribution in [0.3, 0.4) is 0 Å². The number of fused-ring (bicyclic) bond motifs is 1. The first-order valence-electron chi connectivity index (χ1n) is 4.28. The maximum Gasteiger partial charge on any atom is 0.141 e. The van der Waals surface area contributed by atoms with Crippen LogP contribution < -0.4 is 0 Å². The van der Waals surface area contributed by atoms with Crippen LogP contribution in [0, 0.1) is 0 Å². The van der Waals surface area contributed by atoms with Crippen LogP contribution in [0.1, 0.15) is 0 Å². The molecule has 3 aromatic heterocycles. The summed E-state index contributed by atoms with van der Waals surface area (Å²) in [5.74, 6) is 0.790. The van der Waals surface area contributed by atoms with Gasteiger partial charge in [-0.2, -0.15) is 0 Å². The number of rotatable bonds is 1. The fraction of sp³-hybridized carbons (Fsp3) is 0. The van der Waals surface area contributed by atoms with Crippen LogP contribution in [-0.2, 0) is 0 Å². The molecule has 0 saturated carbocycles. The van der Waals surface area contributed by atoms with Gasteiger partial charge in [0.1, 0.15) is 22.1 Å². The van der Waals surface area contributed by atoms with Gasteiger partial charge in [0, 0.05) is 10.9 Å². The third-order valence-corrected chi connectivity index (χ3v) is 3.28. The van der Waals surface area contributed by atoms with Crippen molar-refractivity contribution in [2.24, 2.45) is 0 Å². The molecule has 0 atom stereocenters. The molecule has 3 rings (SSSR count). The lowest BCUT2D eigenvalue weighted by molar-refractivity contribution is 0.583. The summed E-state index contributed by atoms with van der Waals surface area (Å²) in [6, 6.07) is 3.74. The quantitative estimate of drug-likeness (QED) is 0.606. The van der Waals surface area contributed by atoms with Crippen LogP contribution in [-0.4, -0.2) is 9.97 Å². The summed E-state index contributed by atoms with van der Waals surface area (Å²) < 4.78 is 5.33. The lowest BCUT2D eigenvalue weighted by Crippen LogP contribution is -1.80. The van der Waals surface area contributed by atoms with Crippen molar-refractivity contribution in [3.05, 3.63) is 35.3 Å². The van der Waals surface area contributed by atoms with Gasteiger partial charge in [0.05, 0.1) is 11.6 Å². The number of hydrogen-bond donors (Lipinski definition) is 0. The highest BCUT2D eigenvalue weighted by molar-refractivity contribution is 7.17. The van der Waals surface area contributed by atoms with E-state index in [4.69, 9.17) is 16.0 Å². The predicted molar refractivity (Wildman–Crippen MR) is 60.1 cm³/mol. The monoisotopic (exact) mass is 236 g/mol. The van der Waals surface area contributed by atoms with Gasteiger partial charge in [0.25, 0.3) is 0 Å². The molecule has 5 heteroatoms. The molecule has 3 heterocycles. The summed E-state index contributed by atoms with van der Waals surface area (Å²) in [6.45, 7) is 0. The van der Waals surface area contributed by atoms with Gasteiger partial charge < -0.3 is 4.42 Å². The van der Waals surface area contributed by atoms with Crippen molar-refractivity contribution in [3.8, 4) is 11.3 Å². The Morgan fingerprint density at radius 3 is 3.07 bits per heavy atom. The lowest BCUT2D eigenvalue weighted by atomic mass is 10.2. The Kier molecular flexibility index (Phi) is 1.97. The summed E-state index contributed by atoms with van der Waals surface area (Å²) >= 11 is 7.57. The fourth-order valence-corrected chi connectivity index (χ4v) is 2.64. The maximum atomic E-state index is 6.03. The van der Waals surface area contributed by atoms with Crippen LogP contribution in [0.2, 0.25) is 5.15 Å². The molecule has 0 bridgehead atoms. The van der Waals surface area contributed by atoms with Gasteiger partial charge in [-0.25, -0.2) is 9.97 Å². The topological polar surface area (TPSA) is 38.9 Å². The van der Waals surface area contributed by atoms with Gasteiger partial charge in [0.2, 0.25) is 0 Å². The van der Waals surface area contributed by atoms with E-state index in [0.717, 1.165) is 21.5 Å². The predicted octanol–water partition coefficient (Wildman–Crippen LogP) is 3.60. The first-order chi connectivity index (χ1) is 7.36. The molecule has 0 N–H and O–H groups in total. The molecule has 3 nitrogen and oxygen atoms in total. The molecule has 0 spiro atoms. The Labute approximate surface area is 94.3 Å². The average Bonchev–Trinajstić information content (AvgIpc) is 2.85. The van der Waals surface area contributed by atoms with Crippen molar-refractivity contribution in [1.82, 2.24) is 9.97 Å². The number of nitrogens with zero attached hydrogens (tertiary/aromatic N) is 2. The highest BCUT2D eigenvalue weighted by Gasteiger charge is 2.12. The second-order valence-corrected chi connectivity index (χ2v) is 4.19. The van der Waals surface area contributed by atoms with Crippen molar-refractivity contribution in [1.29, 1.82) is 0 Å². The van der Waals surface area contributed by atoms with E-state index < -0.39 is 0 Å². The minimum absolute atomic E-state index is 0.465. The van der Waals surface area contributed by atoms with Crippen LogP contribution in [0.15, 0.2) is 34.5 Å². The summed E-state index contributed by atoms with van der Waals surface area (Å²) in [7, 11) is 0. The third-order valence-electron chi connectivity index (χ3n) is 2.11. The van der Waals surface area contributed by atoms with Gasteiger partial charge in [-0.1, -0.05) is 11.6 Å². The van der Waals surface area contributed by atoms with E-state index in [1.54, 1.807) is 6.26 Å². The zero-order chi connectivity index (χ0) is 10.3. The zero-order valence-electron chi connectivity index (χ0n) is 7.48. The summed E-state index contributed by atoms with van der Waals surface area (Å²) in [5.41, 5.74) is 0.950. The van der Waals surface area contributed by atoms with Crippen molar-refractivity contribution in [2.75, 3.05) is 0 Å². The Morgan fingerprint density at radius 2 is 2.27 bits per heavy atom. The Bertz CT molecular complexity index is 603. The van der Waals surface area contributed by atoms with Crippen LogP contribution in [0.5, 0.6) is 0 Å². The normalized spacial score (nSPS) is 11.0. The van der Waals surface area contributed by atoms with Crippen LogP contribution in [0.4, 0.5) is 0 Å². The number of aromatic nitrogens is 2. The minimum atomic E-state index is 0.465. The molecule has 0 unspecified atom stereocenters. The van der Waals surface area contributed by atoms with Gasteiger partial charge in [-0.15, -0.1) is 11.3 Å². The largest absolute Gasteiger partial charge is 0.464 e. The molecular weight excluding hydrogens is 232 g/mol. The highest BCUT2D eigenvalue weighted by Crippen LogP contribution is 2.36. The van der Waals surface area contributed by atoms with E-state index in [1.807, 2.05) is 17.5 Å². The van der Waals surface area contributed by atoms with Crippen LogP contribution in [0.25, 0.3) is 21.5 Å². The standard InChI is InChI=1S/C10H5ClN2OS/c11-9-8-6(7-2-1-3-14-7)4-15-10(8)13-5-12-9/h1-5H.